The number of nitrogens with one attached hydrogen (secondary N) is 2. The standard InChI is InChI=1S/C19H24N2O2/c1-4-23-19(22)16-8-10-17(11-9-16)21-15(3)13-20-18-7-5-6-14(2)12-18/h5-12,15,20-21H,4,13H2,1-3H3/t15-/m1/s1. The molecule has 1 atom stereocenters. The van der Waals surface area contributed by atoms with Crippen LogP contribution in [0.25, 0.3) is 0 Å². The van der Waals surface area contributed by atoms with Gasteiger partial charge in [0, 0.05) is 24.0 Å². The third kappa shape index (κ3) is 5.33. The summed E-state index contributed by atoms with van der Waals surface area (Å²) in [7, 11) is 0. The zero-order valence-electron chi connectivity index (χ0n) is 13.9. The Morgan fingerprint density at radius 2 is 1.87 bits per heavy atom. The Kier molecular flexibility index (Phi) is 6.03. The number of carbonyl (C=O) groups is 1. The van der Waals surface area contributed by atoms with Gasteiger partial charge in [0.15, 0.2) is 0 Å². The van der Waals surface area contributed by atoms with Gasteiger partial charge in [-0.15, -0.1) is 0 Å². The highest BCUT2D eigenvalue weighted by atomic mass is 16.5. The topological polar surface area (TPSA) is 50.4 Å². The largest absolute Gasteiger partial charge is 0.462 e. The number of esters is 1. The molecule has 0 unspecified atom stereocenters. The maximum Gasteiger partial charge on any atom is 0.338 e. The molecule has 2 N–H and O–H groups in total. The Morgan fingerprint density at radius 1 is 1.13 bits per heavy atom. The molecule has 122 valence electrons. The molecule has 4 heteroatoms. The molecule has 0 aromatic heterocycles. The summed E-state index contributed by atoms with van der Waals surface area (Å²) < 4.78 is 4.98. The average Bonchev–Trinajstić information content (AvgIpc) is 2.54. The van der Waals surface area contributed by atoms with Gasteiger partial charge in [0.25, 0.3) is 0 Å². The Labute approximate surface area is 137 Å². The Morgan fingerprint density at radius 3 is 2.52 bits per heavy atom. The number of anilines is 2. The van der Waals surface area contributed by atoms with Gasteiger partial charge in [0.2, 0.25) is 0 Å². The third-order valence-electron chi connectivity index (χ3n) is 3.44. The SMILES string of the molecule is CCOC(=O)c1ccc(N[C@H](C)CNc2cccc(C)c2)cc1. The lowest BCUT2D eigenvalue weighted by Crippen LogP contribution is -2.24. The van der Waals surface area contributed by atoms with Crippen LogP contribution in [-0.2, 0) is 4.74 Å². The summed E-state index contributed by atoms with van der Waals surface area (Å²) in [5, 5.41) is 6.83. The third-order valence-corrected chi connectivity index (χ3v) is 3.44. The molecule has 2 aromatic carbocycles. The molecule has 0 spiro atoms. The van der Waals surface area contributed by atoms with Crippen LogP contribution in [0.5, 0.6) is 0 Å². The van der Waals surface area contributed by atoms with E-state index in [1.54, 1.807) is 19.1 Å². The van der Waals surface area contributed by atoms with Crippen molar-refractivity contribution in [3.05, 3.63) is 59.7 Å². The maximum absolute atomic E-state index is 11.6. The van der Waals surface area contributed by atoms with Gasteiger partial charge in [0.05, 0.1) is 12.2 Å². The molecular weight excluding hydrogens is 288 g/mol. The lowest BCUT2D eigenvalue weighted by molar-refractivity contribution is 0.0526. The van der Waals surface area contributed by atoms with Crippen LogP contribution in [0, 0.1) is 6.92 Å². The number of aryl methyl sites for hydroxylation is 1. The summed E-state index contributed by atoms with van der Waals surface area (Å²) in [5.41, 5.74) is 3.92. The average molecular weight is 312 g/mol. The summed E-state index contributed by atoms with van der Waals surface area (Å²) in [6, 6.07) is 15.9. The molecule has 0 aliphatic carbocycles. The van der Waals surface area contributed by atoms with E-state index >= 15 is 0 Å². The summed E-state index contributed by atoms with van der Waals surface area (Å²) >= 11 is 0. The van der Waals surface area contributed by atoms with Gasteiger partial charge in [-0.2, -0.15) is 0 Å². The number of carbonyl (C=O) groups excluding carboxylic acids is 1. The highest BCUT2D eigenvalue weighted by molar-refractivity contribution is 5.89. The van der Waals surface area contributed by atoms with Crippen LogP contribution >= 0.6 is 0 Å². The molecule has 0 bridgehead atoms. The van der Waals surface area contributed by atoms with Crippen molar-refractivity contribution in [2.24, 2.45) is 0 Å². The summed E-state index contributed by atoms with van der Waals surface area (Å²) in [6.07, 6.45) is 0. The van der Waals surface area contributed by atoms with E-state index in [2.05, 4.69) is 42.7 Å². The summed E-state index contributed by atoms with van der Waals surface area (Å²) in [4.78, 5) is 11.6. The van der Waals surface area contributed by atoms with Crippen molar-refractivity contribution < 1.29 is 9.53 Å². The Hall–Kier alpha value is -2.49. The Bertz CT molecular complexity index is 638. The molecule has 2 rings (SSSR count). The van der Waals surface area contributed by atoms with Crippen LogP contribution in [0.2, 0.25) is 0 Å². The summed E-state index contributed by atoms with van der Waals surface area (Å²) in [5.74, 6) is -0.284. The first-order valence-electron chi connectivity index (χ1n) is 7.92. The highest BCUT2D eigenvalue weighted by Gasteiger charge is 2.07. The highest BCUT2D eigenvalue weighted by Crippen LogP contribution is 2.13. The van der Waals surface area contributed by atoms with E-state index in [9.17, 15) is 4.79 Å². The van der Waals surface area contributed by atoms with E-state index in [0.717, 1.165) is 17.9 Å². The molecular formula is C19H24N2O2. The minimum atomic E-state index is -0.284. The van der Waals surface area contributed by atoms with E-state index in [-0.39, 0.29) is 12.0 Å². The van der Waals surface area contributed by atoms with Crippen molar-refractivity contribution in [3.8, 4) is 0 Å². The normalized spacial score (nSPS) is 11.6. The van der Waals surface area contributed by atoms with Crippen LogP contribution in [-0.4, -0.2) is 25.2 Å². The Balaban J connectivity index is 1.85. The van der Waals surface area contributed by atoms with Crippen LogP contribution in [0.4, 0.5) is 11.4 Å². The number of hydrogen-bond acceptors (Lipinski definition) is 4. The van der Waals surface area contributed by atoms with Gasteiger partial charge < -0.3 is 15.4 Å². The van der Waals surface area contributed by atoms with Gasteiger partial charge in [-0.3, -0.25) is 0 Å². The monoisotopic (exact) mass is 312 g/mol. The maximum atomic E-state index is 11.6. The van der Waals surface area contributed by atoms with Gasteiger partial charge in [0.1, 0.15) is 0 Å². The van der Waals surface area contributed by atoms with Gasteiger partial charge in [-0.05, 0) is 62.7 Å². The van der Waals surface area contributed by atoms with Gasteiger partial charge >= 0.3 is 5.97 Å². The van der Waals surface area contributed by atoms with E-state index in [1.165, 1.54) is 5.56 Å². The molecule has 0 saturated heterocycles. The van der Waals surface area contributed by atoms with Crippen LogP contribution < -0.4 is 10.6 Å². The van der Waals surface area contributed by atoms with Crippen molar-refractivity contribution in [2.45, 2.75) is 26.8 Å². The first-order chi connectivity index (χ1) is 11.1. The number of ether oxygens (including phenoxy) is 1. The van der Waals surface area contributed by atoms with E-state index in [4.69, 9.17) is 4.74 Å². The second-order valence-corrected chi connectivity index (χ2v) is 5.59. The van der Waals surface area contributed by atoms with E-state index in [1.807, 2.05) is 18.2 Å². The smallest absolute Gasteiger partial charge is 0.338 e. The number of benzene rings is 2. The van der Waals surface area contributed by atoms with Crippen molar-refractivity contribution in [1.29, 1.82) is 0 Å². The van der Waals surface area contributed by atoms with Crippen LogP contribution in [0.3, 0.4) is 0 Å². The van der Waals surface area contributed by atoms with E-state index in [0.29, 0.717) is 12.2 Å². The first kappa shape index (κ1) is 16.9. The lowest BCUT2D eigenvalue weighted by atomic mass is 10.2. The zero-order chi connectivity index (χ0) is 16.7. The fourth-order valence-corrected chi connectivity index (χ4v) is 2.28. The quantitative estimate of drug-likeness (QED) is 0.756. The molecule has 0 aliphatic heterocycles. The molecule has 23 heavy (non-hydrogen) atoms. The first-order valence-corrected chi connectivity index (χ1v) is 7.92. The van der Waals surface area contributed by atoms with Crippen molar-refractivity contribution in [2.75, 3.05) is 23.8 Å². The van der Waals surface area contributed by atoms with Crippen molar-refractivity contribution in [3.63, 3.8) is 0 Å². The number of rotatable bonds is 7. The van der Waals surface area contributed by atoms with E-state index < -0.39 is 0 Å². The molecule has 0 heterocycles. The molecule has 0 saturated carbocycles. The molecule has 4 nitrogen and oxygen atoms in total. The predicted molar refractivity (Wildman–Crippen MR) is 95.2 cm³/mol. The minimum absolute atomic E-state index is 0.254. The summed E-state index contributed by atoms with van der Waals surface area (Å²) in [6.45, 7) is 7.19. The molecule has 0 amide bonds. The minimum Gasteiger partial charge on any atom is -0.462 e. The van der Waals surface area contributed by atoms with Gasteiger partial charge in [-0.25, -0.2) is 4.79 Å². The molecule has 0 radical (unpaired) electrons. The van der Waals surface area contributed by atoms with Crippen LogP contribution in [0.1, 0.15) is 29.8 Å². The fourth-order valence-electron chi connectivity index (χ4n) is 2.28. The van der Waals surface area contributed by atoms with Gasteiger partial charge in [-0.1, -0.05) is 12.1 Å². The predicted octanol–water partition coefficient (Wildman–Crippen LogP) is 4.08. The number of hydrogen-bond donors (Lipinski definition) is 2. The lowest BCUT2D eigenvalue weighted by Gasteiger charge is -2.17. The second kappa shape index (κ2) is 8.22. The zero-order valence-corrected chi connectivity index (χ0v) is 13.9. The molecule has 0 fully saturated rings. The van der Waals surface area contributed by atoms with Crippen molar-refractivity contribution in [1.82, 2.24) is 0 Å². The molecule has 2 aromatic rings. The fraction of sp³-hybridized carbons (Fsp3) is 0.316. The van der Waals surface area contributed by atoms with Crippen molar-refractivity contribution >= 4 is 17.3 Å². The molecule has 0 aliphatic rings. The second-order valence-electron chi connectivity index (χ2n) is 5.59. The van der Waals surface area contributed by atoms with Crippen LogP contribution in [0.15, 0.2) is 48.5 Å².